The van der Waals surface area contributed by atoms with Gasteiger partial charge in [-0.15, -0.1) is 0 Å². The van der Waals surface area contributed by atoms with Crippen LogP contribution in [0.2, 0.25) is 5.02 Å². The van der Waals surface area contributed by atoms with Crippen molar-refractivity contribution >= 4 is 39.5 Å². The maximum Gasteiger partial charge on any atom is 0.321 e. The number of ether oxygens (including phenoxy) is 1. The van der Waals surface area contributed by atoms with Gasteiger partial charge >= 0.3 is 6.03 Å². The van der Waals surface area contributed by atoms with Gasteiger partial charge in [0.15, 0.2) is 6.61 Å². The molecule has 1 rings (SSSR count). The highest BCUT2D eigenvalue weighted by atomic mass is 79.9. The molecule has 92 valence electrons. The van der Waals surface area contributed by atoms with Crippen molar-refractivity contribution in [1.29, 1.82) is 0 Å². The average Bonchev–Trinajstić information content (AvgIpc) is 2.27. The van der Waals surface area contributed by atoms with Gasteiger partial charge in [0, 0.05) is 12.1 Å². The van der Waals surface area contributed by atoms with Crippen molar-refractivity contribution in [3.8, 4) is 5.75 Å². The summed E-state index contributed by atoms with van der Waals surface area (Å²) in [6, 6.07) is 4.33. The lowest BCUT2D eigenvalue weighted by Gasteiger charge is -2.08. The first-order chi connectivity index (χ1) is 8.02. The number of nitrogens with one attached hydrogen (secondary N) is 2. The highest BCUT2D eigenvalue weighted by molar-refractivity contribution is 9.10. The first kappa shape index (κ1) is 13.8. The minimum absolute atomic E-state index is 0.256. The van der Waals surface area contributed by atoms with Crippen LogP contribution in [0.3, 0.4) is 0 Å². The normalized spacial score (nSPS) is 9.59. The van der Waals surface area contributed by atoms with Crippen LogP contribution in [0, 0.1) is 0 Å². The molecule has 0 radical (unpaired) electrons. The van der Waals surface area contributed by atoms with E-state index in [4.69, 9.17) is 16.3 Å². The lowest BCUT2D eigenvalue weighted by molar-refractivity contribution is -0.122. The van der Waals surface area contributed by atoms with Crippen LogP contribution in [0.15, 0.2) is 22.7 Å². The van der Waals surface area contributed by atoms with E-state index in [0.29, 0.717) is 15.2 Å². The fourth-order valence-corrected chi connectivity index (χ4v) is 1.76. The summed E-state index contributed by atoms with van der Waals surface area (Å²) in [5, 5.41) is 4.89. The number of hydrogen-bond acceptors (Lipinski definition) is 3. The average molecular weight is 322 g/mol. The van der Waals surface area contributed by atoms with E-state index in [1.54, 1.807) is 18.2 Å². The van der Waals surface area contributed by atoms with E-state index in [9.17, 15) is 9.59 Å². The number of urea groups is 1. The third kappa shape index (κ3) is 4.62. The Morgan fingerprint density at radius 1 is 1.47 bits per heavy atom. The van der Waals surface area contributed by atoms with E-state index in [1.807, 2.05) is 0 Å². The van der Waals surface area contributed by atoms with Crippen LogP contribution in [0.25, 0.3) is 0 Å². The molecule has 3 amide bonds. The summed E-state index contributed by atoms with van der Waals surface area (Å²) in [5.41, 5.74) is 0. The molecule has 17 heavy (non-hydrogen) atoms. The Bertz CT molecular complexity index is 440. The number of halogens is 2. The second kappa shape index (κ2) is 6.46. The zero-order valence-corrected chi connectivity index (χ0v) is 11.3. The van der Waals surface area contributed by atoms with Gasteiger partial charge in [-0.1, -0.05) is 11.6 Å². The third-order valence-corrected chi connectivity index (χ3v) is 2.59. The zero-order valence-electron chi connectivity index (χ0n) is 8.92. The lowest BCUT2D eigenvalue weighted by atomic mass is 10.3. The highest BCUT2D eigenvalue weighted by Crippen LogP contribution is 2.27. The summed E-state index contributed by atoms with van der Waals surface area (Å²) in [4.78, 5) is 22.0. The van der Waals surface area contributed by atoms with Crippen LogP contribution in [-0.2, 0) is 4.79 Å². The van der Waals surface area contributed by atoms with Crippen LogP contribution in [0.4, 0.5) is 4.79 Å². The molecule has 0 saturated carbocycles. The van der Waals surface area contributed by atoms with Gasteiger partial charge in [0.05, 0.1) is 4.47 Å². The van der Waals surface area contributed by atoms with Crippen LogP contribution >= 0.6 is 27.5 Å². The Morgan fingerprint density at radius 2 is 2.18 bits per heavy atom. The van der Waals surface area contributed by atoms with Crippen LogP contribution in [0.1, 0.15) is 0 Å². The predicted octanol–water partition coefficient (Wildman–Crippen LogP) is 1.94. The van der Waals surface area contributed by atoms with Crippen LogP contribution < -0.4 is 15.4 Å². The third-order valence-electron chi connectivity index (χ3n) is 1.73. The van der Waals surface area contributed by atoms with Crippen LogP contribution in [-0.4, -0.2) is 25.6 Å². The lowest BCUT2D eigenvalue weighted by Crippen LogP contribution is -2.39. The molecule has 0 aliphatic rings. The van der Waals surface area contributed by atoms with Gasteiger partial charge < -0.3 is 10.1 Å². The number of carbonyl (C=O) groups is 2. The van der Waals surface area contributed by atoms with Crippen LogP contribution in [0.5, 0.6) is 5.75 Å². The molecule has 0 aliphatic heterocycles. The van der Waals surface area contributed by atoms with E-state index in [1.165, 1.54) is 7.05 Å². The molecule has 0 atom stereocenters. The van der Waals surface area contributed by atoms with Crippen molar-refractivity contribution in [3.63, 3.8) is 0 Å². The fourth-order valence-electron chi connectivity index (χ4n) is 0.961. The Labute approximate surface area is 112 Å². The van der Waals surface area contributed by atoms with E-state index in [2.05, 4.69) is 26.6 Å². The molecule has 0 heterocycles. The monoisotopic (exact) mass is 320 g/mol. The van der Waals surface area contributed by atoms with Gasteiger partial charge in [0.1, 0.15) is 5.75 Å². The summed E-state index contributed by atoms with van der Waals surface area (Å²) in [6.07, 6.45) is 0. The standard InChI is InChI=1S/C10H10BrClN2O3/c1-13-10(16)14-9(15)5-17-8-3-2-6(12)4-7(8)11/h2-4H,5H2,1H3,(H2,13,14,15,16). The Morgan fingerprint density at radius 3 is 2.76 bits per heavy atom. The minimum Gasteiger partial charge on any atom is -0.483 e. The van der Waals surface area contributed by atoms with Gasteiger partial charge in [-0.3, -0.25) is 10.1 Å². The van der Waals surface area contributed by atoms with Gasteiger partial charge in [0.25, 0.3) is 5.91 Å². The summed E-state index contributed by atoms with van der Waals surface area (Å²) in [6.45, 7) is -0.256. The number of imide groups is 1. The molecule has 0 unspecified atom stereocenters. The van der Waals surface area contributed by atoms with Gasteiger partial charge in [-0.2, -0.15) is 0 Å². The molecule has 0 aromatic heterocycles. The molecular weight excluding hydrogens is 311 g/mol. The Kier molecular flexibility index (Phi) is 5.24. The van der Waals surface area contributed by atoms with E-state index >= 15 is 0 Å². The van der Waals surface area contributed by atoms with E-state index in [0.717, 1.165) is 0 Å². The molecular formula is C10H10BrClN2O3. The van der Waals surface area contributed by atoms with E-state index in [-0.39, 0.29) is 6.61 Å². The Hall–Kier alpha value is -1.27. The van der Waals surface area contributed by atoms with Crippen molar-refractivity contribution in [1.82, 2.24) is 10.6 Å². The molecule has 2 N–H and O–H groups in total. The summed E-state index contributed by atoms with van der Waals surface area (Å²) in [5.74, 6) is -0.0624. The fraction of sp³-hybridized carbons (Fsp3) is 0.200. The van der Waals surface area contributed by atoms with Gasteiger partial charge in [-0.05, 0) is 34.1 Å². The molecule has 5 nitrogen and oxygen atoms in total. The number of carbonyl (C=O) groups excluding carboxylic acids is 2. The molecule has 7 heteroatoms. The highest BCUT2D eigenvalue weighted by Gasteiger charge is 2.08. The summed E-state index contributed by atoms with van der Waals surface area (Å²) < 4.78 is 5.84. The number of benzene rings is 1. The summed E-state index contributed by atoms with van der Waals surface area (Å²) >= 11 is 8.99. The van der Waals surface area contributed by atoms with Crippen molar-refractivity contribution in [3.05, 3.63) is 27.7 Å². The quantitative estimate of drug-likeness (QED) is 0.894. The molecule has 0 spiro atoms. The molecule has 1 aromatic rings. The number of rotatable bonds is 3. The second-order valence-electron chi connectivity index (χ2n) is 2.99. The topological polar surface area (TPSA) is 67.4 Å². The summed E-state index contributed by atoms with van der Waals surface area (Å²) in [7, 11) is 1.42. The SMILES string of the molecule is CNC(=O)NC(=O)COc1ccc(Cl)cc1Br. The van der Waals surface area contributed by atoms with Crippen molar-refractivity contribution in [2.24, 2.45) is 0 Å². The first-order valence-electron chi connectivity index (χ1n) is 4.62. The first-order valence-corrected chi connectivity index (χ1v) is 5.79. The van der Waals surface area contributed by atoms with Crippen molar-refractivity contribution < 1.29 is 14.3 Å². The van der Waals surface area contributed by atoms with E-state index < -0.39 is 11.9 Å². The largest absolute Gasteiger partial charge is 0.483 e. The van der Waals surface area contributed by atoms with Crippen molar-refractivity contribution in [2.75, 3.05) is 13.7 Å². The maximum absolute atomic E-state index is 11.2. The minimum atomic E-state index is -0.575. The molecule has 0 aliphatic carbocycles. The Balaban J connectivity index is 2.50. The van der Waals surface area contributed by atoms with Crippen molar-refractivity contribution in [2.45, 2.75) is 0 Å². The van der Waals surface area contributed by atoms with Gasteiger partial charge in [0.2, 0.25) is 0 Å². The smallest absolute Gasteiger partial charge is 0.321 e. The van der Waals surface area contributed by atoms with Gasteiger partial charge in [-0.25, -0.2) is 4.79 Å². The predicted molar refractivity (Wildman–Crippen MR) is 67.2 cm³/mol. The zero-order chi connectivity index (χ0) is 12.8. The number of amides is 3. The molecule has 0 fully saturated rings. The number of hydrogen-bond donors (Lipinski definition) is 2. The maximum atomic E-state index is 11.2. The second-order valence-corrected chi connectivity index (χ2v) is 4.28. The molecule has 0 saturated heterocycles. The molecule has 0 bridgehead atoms. The molecule has 1 aromatic carbocycles.